The molecule has 2 heterocycles. The maximum atomic E-state index is 13.1. The van der Waals surface area contributed by atoms with Crippen LogP contribution in [0.15, 0.2) is 12.1 Å². The Hall–Kier alpha value is -1.89. The highest BCUT2D eigenvalue weighted by molar-refractivity contribution is 6.33. The lowest BCUT2D eigenvalue weighted by Crippen LogP contribution is -2.38. The van der Waals surface area contributed by atoms with Crippen LogP contribution in [0.3, 0.4) is 0 Å². The first-order chi connectivity index (χ1) is 10.4. The summed E-state index contributed by atoms with van der Waals surface area (Å²) < 4.78 is 18.3. The fourth-order valence-corrected chi connectivity index (χ4v) is 2.52. The Morgan fingerprint density at radius 3 is 2.82 bits per heavy atom. The zero-order valence-electron chi connectivity index (χ0n) is 12.0. The topological polar surface area (TPSA) is 79.7 Å². The first kappa shape index (κ1) is 16.5. The second-order valence-corrected chi connectivity index (χ2v) is 5.52. The third-order valence-electron chi connectivity index (χ3n) is 3.67. The van der Waals surface area contributed by atoms with E-state index in [4.69, 9.17) is 21.4 Å². The lowest BCUT2D eigenvalue weighted by atomic mass is 9.89. The first-order valence-corrected chi connectivity index (χ1v) is 7.19. The van der Waals surface area contributed by atoms with Crippen molar-refractivity contribution in [1.29, 1.82) is 0 Å². The molecule has 1 aliphatic rings. The lowest BCUT2D eigenvalue weighted by Gasteiger charge is -2.21. The quantitative estimate of drug-likeness (QED) is 0.893. The van der Waals surface area contributed by atoms with Crippen LogP contribution in [0.5, 0.6) is 5.88 Å². The fraction of sp³-hybridized carbons (Fsp3) is 0.500. The minimum Gasteiger partial charge on any atom is -0.481 e. The van der Waals surface area contributed by atoms with Gasteiger partial charge in [-0.1, -0.05) is 11.6 Å². The van der Waals surface area contributed by atoms with E-state index in [1.165, 1.54) is 17.0 Å². The number of nitrogens with zero attached hydrogens (tertiary/aromatic N) is 2. The van der Waals surface area contributed by atoms with E-state index in [1.807, 2.05) is 0 Å². The average Bonchev–Trinajstić information content (AvgIpc) is 2.95. The smallest absolute Gasteiger partial charge is 0.314 e. The van der Waals surface area contributed by atoms with Crippen molar-refractivity contribution < 1.29 is 23.8 Å². The summed E-state index contributed by atoms with van der Waals surface area (Å²) in [6, 6.07) is 3.03. The van der Waals surface area contributed by atoms with Gasteiger partial charge in [-0.25, -0.2) is 9.37 Å². The molecule has 1 amide bonds. The number of aromatic nitrogens is 1. The van der Waals surface area contributed by atoms with Gasteiger partial charge in [-0.15, -0.1) is 0 Å². The van der Waals surface area contributed by atoms with E-state index in [-0.39, 0.29) is 36.1 Å². The summed E-state index contributed by atoms with van der Waals surface area (Å²) in [4.78, 5) is 29.0. The number of carboxylic acids is 1. The Balaban J connectivity index is 2.23. The zero-order valence-corrected chi connectivity index (χ0v) is 12.8. The third-order valence-corrected chi connectivity index (χ3v) is 3.97. The van der Waals surface area contributed by atoms with E-state index in [2.05, 4.69) is 4.98 Å². The number of carbonyl (C=O) groups is 2. The van der Waals surface area contributed by atoms with Crippen molar-refractivity contribution in [3.63, 3.8) is 0 Å². The Morgan fingerprint density at radius 2 is 2.27 bits per heavy atom. The second-order valence-electron chi connectivity index (χ2n) is 5.11. The number of halogens is 2. The molecule has 2 rings (SSSR count). The van der Waals surface area contributed by atoms with E-state index >= 15 is 0 Å². The van der Waals surface area contributed by atoms with Crippen LogP contribution in [-0.2, 0) is 4.79 Å². The normalized spacial score (nSPS) is 21.0. The van der Waals surface area contributed by atoms with Gasteiger partial charge in [-0.3, -0.25) is 9.59 Å². The van der Waals surface area contributed by atoms with E-state index in [0.29, 0.717) is 6.61 Å². The molecule has 0 saturated carbocycles. The molecule has 0 aromatic carbocycles. The molecule has 0 bridgehead atoms. The molecule has 1 saturated heterocycles. The van der Waals surface area contributed by atoms with Crippen LogP contribution in [0.25, 0.3) is 0 Å². The maximum Gasteiger partial charge on any atom is 0.314 e. The maximum absolute atomic E-state index is 13.1. The van der Waals surface area contributed by atoms with Gasteiger partial charge in [0.2, 0.25) is 5.88 Å². The summed E-state index contributed by atoms with van der Waals surface area (Å²) in [5.74, 6) is -1.51. The summed E-state index contributed by atoms with van der Waals surface area (Å²) in [5, 5.41) is 9.30. The highest BCUT2D eigenvalue weighted by Crippen LogP contribution is 2.33. The molecule has 1 aromatic rings. The molecule has 6 nitrogen and oxygen atoms in total. The standard InChI is InChI=1S/C14H16ClFN2O4/c1-2-22-10-4-3-9(15)11(17-10)12(19)18-6-5-14(7-16,8-18)13(20)21/h3-4H,2,5-8H2,1H3,(H,20,21). The molecule has 8 heteroatoms. The van der Waals surface area contributed by atoms with Crippen LogP contribution in [0, 0.1) is 5.41 Å². The lowest BCUT2D eigenvalue weighted by molar-refractivity contribution is -0.149. The number of hydrogen-bond donors (Lipinski definition) is 1. The van der Waals surface area contributed by atoms with Crippen molar-refractivity contribution in [1.82, 2.24) is 9.88 Å². The molecule has 1 atom stereocenters. The largest absolute Gasteiger partial charge is 0.481 e. The van der Waals surface area contributed by atoms with Gasteiger partial charge in [0, 0.05) is 19.2 Å². The summed E-state index contributed by atoms with van der Waals surface area (Å²) in [7, 11) is 0. The molecule has 1 aromatic heterocycles. The Labute approximate surface area is 131 Å². The molecule has 120 valence electrons. The molecule has 22 heavy (non-hydrogen) atoms. The fourth-order valence-electron chi connectivity index (χ4n) is 2.34. The van der Waals surface area contributed by atoms with Crippen LogP contribution < -0.4 is 4.74 Å². The van der Waals surface area contributed by atoms with Crippen molar-refractivity contribution in [3.8, 4) is 5.88 Å². The van der Waals surface area contributed by atoms with Gasteiger partial charge in [0.1, 0.15) is 12.1 Å². The van der Waals surface area contributed by atoms with Gasteiger partial charge in [0.25, 0.3) is 5.91 Å². The van der Waals surface area contributed by atoms with Crippen molar-refractivity contribution in [3.05, 3.63) is 22.8 Å². The molecule has 0 spiro atoms. The molecular formula is C14H16ClFN2O4. The van der Waals surface area contributed by atoms with Gasteiger partial charge in [0.05, 0.1) is 11.6 Å². The van der Waals surface area contributed by atoms with E-state index < -0.39 is 24.0 Å². The van der Waals surface area contributed by atoms with E-state index in [0.717, 1.165) is 0 Å². The minimum atomic E-state index is -1.54. The van der Waals surface area contributed by atoms with Crippen molar-refractivity contribution in [2.24, 2.45) is 5.41 Å². The van der Waals surface area contributed by atoms with Crippen LogP contribution >= 0.6 is 11.6 Å². The number of amides is 1. The van der Waals surface area contributed by atoms with Gasteiger partial charge in [-0.2, -0.15) is 0 Å². The zero-order chi connectivity index (χ0) is 16.3. The highest BCUT2D eigenvalue weighted by Gasteiger charge is 2.47. The summed E-state index contributed by atoms with van der Waals surface area (Å²) in [5.41, 5.74) is -1.56. The van der Waals surface area contributed by atoms with Gasteiger partial charge >= 0.3 is 5.97 Å². The summed E-state index contributed by atoms with van der Waals surface area (Å²) in [6.07, 6.45) is 0.0628. The molecule has 0 aliphatic carbocycles. The molecule has 0 radical (unpaired) electrons. The number of aliphatic carboxylic acids is 1. The van der Waals surface area contributed by atoms with Crippen LogP contribution in [0.2, 0.25) is 5.02 Å². The van der Waals surface area contributed by atoms with Gasteiger partial charge in [-0.05, 0) is 19.4 Å². The van der Waals surface area contributed by atoms with Crippen molar-refractivity contribution in [2.75, 3.05) is 26.4 Å². The van der Waals surface area contributed by atoms with Crippen LogP contribution in [-0.4, -0.2) is 53.2 Å². The first-order valence-electron chi connectivity index (χ1n) is 6.81. The monoisotopic (exact) mass is 330 g/mol. The predicted octanol–water partition coefficient (Wildman–Crippen LogP) is 2.02. The minimum absolute atomic E-state index is 0.0207. The van der Waals surface area contributed by atoms with Crippen LogP contribution in [0.4, 0.5) is 4.39 Å². The number of carboxylic acid groups (broad SMARTS) is 1. The highest BCUT2D eigenvalue weighted by atomic mass is 35.5. The second kappa shape index (κ2) is 6.48. The van der Waals surface area contributed by atoms with Gasteiger partial charge < -0.3 is 14.7 Å². The molecule has 1 N–H and O–H groups in total. The number of carbonyl (C=O) groups excluding carboxylic acids is 1. The Bertz CT molecular complexity index is 598. The number of ether oxygens (including phenoxy) is 1. The average molecular weight is 331 g/mol. The number of hydrogen-bond acceptors (Lipinski definition) is 4. The van der Waals surface area contributed by atoms with Gasteiger partial charge in [0.15, 0.2) is 5.69 Å². The molecule has 1 unspecified atom stereocenters. The van der Waals surface area contributed by atoms with Crippen LogP contribution in [0.1, 0.15) is 23.8 Å². The number of rotatable bonds is 5. The predicted molar refractivity (Wildman–Crippen MR) is 77.0 cm³/mol. The molecule has 1 aliphatic heterocycles. The van der Waals surface area contributed by atoms with E-state index in [9.17, 15) is 14.0 Å². The number of likely N-dealkylation sites (tertiary alicyclic amines) is 1. The summed E-state index contributed by atoms with van der Waals surface area (Å²) in [6.45, 7) is 1.09. The third kappa shape index (κ3) is 2.99. The summed E-state index contributed by atoms with van der Waals surface area (Å²) >= 11 is 5.98. The molecule has 1 fully saturated rings. The molecular weight excluding hydrogens is 315 g/mol. The SMILES string of the molecule is CCOc1ccc(Cl)c(C(=O)N2CCC(CF)(C(=O)O)C2)n1. The van der Waals surface area contributed by atoms with Crippen molar-refractivity contribution >= 4 is 23.5 Å². The Kier molecular flexibility index (Phi) is 4.85. The Morgan fingerprint density at radius 1 is 1.55 bits per heavy atom. The van der Waals surface area contributed by atoms with E-state index in [1.54, 1.807) is 6.92 Å². The van der Waals surface area contributed by atoms with Crippen molar-refractivity contribution in [2.45, 2.75) is 13.3 Å². The number of alkyl halides is 1. The number of pyridine rings is 1.